The van der Waals surface area contributed by atoms with Gasteiger partial charge in [-0.25, -0.2) is 0 Å². The molecule has 35 heavy (non-hydrogen) atoms. The second kappa shape index (κ2) is 8.61. The summed E-state index contributed by atoms with van der Waals surface area (Å²) in [6.07, 6.45) is 4.09. The van der Waals surface area contributed by atoms with E-state index in [-0.39, 0.29) is 5.69 Å². The van der Waals surface area contributed by atoms with Crippen molar-refractivity contribution in [1.29, 1.82) is 0 Å². The summed E-state index contributed by atoms with van der Waals surface area (Å²) >= 11 is 0. The van der Waals surface area contributed by atoms with Crippen molar-refractivity contribution in [3.8, 4) is 29.3 Å². The molecular weight excluding hydrogens is 453 g/mol. The van der Waals surface area contributed by atoms with Crippen LogP contribution in [0.4, 0.5) is 18.9 Å². The molecule has 0 saturated carbocycles. The van der Waals surface area contributed by atoms with Crippen LogP contribution in [0.1, 0.15) is 5.56 Å². The third kappa shape index (κ3) is 4.08. The number of halogens is 3. The minimum atomic E-state index is -4.54. The Labute approximate surface area is 197 Å². The van der Waals surface area contributed by atoms with E-state index >= 15 is 0 Å². The summed E-state index contributed by atoms with van der Waals surface area (Å²) in [4.78, 5) is 21.9. The molecule has 0 unspecified atom stereocenters. The van der Waals surface area contributed by atoms with E-state index in [0.717, 1.165) is 23.4 Å². The molecule has 0 aliphatic heterocycles. The molecule has 172 valence electrons. The Morgan fingerprint density at radius 3 is 2.66 bits per heavy atom. The summed E-state index contributed by atoms with van der Waals surface area (Å²) in [6, 6.07) is 16.7. The van der Waals surface area contributed by atoms with Gasteiger partial charge in [-0.3, -0.25) is 19.3 Å². The minimum Gasteiger partial charge on any atom is -0.372 e. The van der Waals surface area contributed by atoms with Crippen molar-refractivity contribution in [2.24, 2.45) is 0 Å². The van der Waals surface area contributed by atoms with E-state index in [1.165, 1.54) is 22.8 Å². The SMILES string of the molecule is C#CCNc1cccnc1-c1ccc2ncc3ccc(=O)n(-c4cccc(C(F)(F)F)c4)c3c2c1. The van der Waals surface area contributed by atoms with Gasteiger partial charge in [0.2, 0.25) is 0 Å². The standard InChI is InChI=1S/C27H17F3N4O/c1-2-12-31-23-7-4-13-32-25(23)17-8-10-22-21(14-17)26-18(16-33-22)9-11-24(35)34(26)20-6-3-5-19(15-20)27(28,29)30/h1,3-11,13-16,31H,12H2. The molecule has 8 heteroatoms. The third-order valence-electron chi connectivity index (χ3n) is 5.61. The van der Waals surface area contributed by atoms with Crippen LogP contribution in [-0.4, -0.2) is 21.1 Å². The van der Waals surface area contributed by atoms with Gasteiger partial charge in [0.15, 0.2) is 0 Å². The molecule has 0 fully saturated rings. The van der Waals surface area contributed by atoms with E-state index in [0.29, 0.717) is 34.0 Å². The molecule has 5 nitrogen and oxygen atoms in total. The molecule has 5 aromatic rings. The lowest BCUT2D eigenvalue weighted by molar-refractivity contribution is -0.137. The number of hydrogen-bond donors (Lipinski definition) is 1. The first-order valence-corrected chi connectivity index (χ1v) is 10.6. The van der Waals surface area contributed by atoms with Crippen LogP contribution in [0.5, 0.6) is 0 Å². The van der Waals surface area contributed by atoms with Crippen LogP contribution in [0.25, 0.3) is 38.8 Å². The van der Waals surface area contributed by atoms with Crippen LogP contribution < -0.4 is 10.9 Å². The van der Waals surface area contributed by atoms with Crippen molar-refractivity contribution in [2.75, 3.05) is 11.9 Å². The van der Waals surface area contributed by atoms with E-state index in [1.807, 2.05) is 18.2 Å². The summed E-state index contributed by atoms with van der Waals surface area (Å²) in [7, 11) is 0. The molecule has 0 saturated heterocycles. The van der Waals surface area contributed by atoms with Gasteiger partial charge >= 0.3 is 6.18 Å². The molecule has 2 aromatic carbocycles. The minimum absolute atomic E-state index is 0.113. The van der Waals surface area contributed by atoms with Crippen molar-refractivity contribution >= 4 is 27.5 Å². The fourth-order valence-electron chi connectivity index (χ4n) is 4.06. The number of pyridine rings is 3. The maximum absolute atomic E-state index is 13.4. The molecule has 0 atom stereocenters. The van der Waals surface area contributed by atoms with Crippen molar-refractivity contribution in [2.45, 2.75) is 6.18 Å². The molecule has 0 radical (unpaired) electrons. The maximum Gasteiger partial charge on any atom is 0.416 e. The second-order valence-electron chi connectivity index (χ2n) is 7.81. The monoisotopic (exact) mass is 470 g/mol. The highest BCUT2D eigenvalue weighted by Gasteiger charge is 2.30. The number of nitrogens with one attached hydrogen (secondary N) is 1. The number of rotatable bonds is 4. The first-order valence-electron chi connectivity index (χ1n) is 10.6. The van der Waals surface area contributed by atoms with E-state index in [9.17, 15) is 18.0 Å². The van der Waals surface area contributed by atoms with Gasteiger partial charge < -0.3 is 5.32 Å². The predicted octanol–water partition coefficient (Wildman–Crippen LogP) is 5.66. The number of hydrogen-bond acceptors (Lipinski definition) is 4. The van der Waals surface area contributed by atoms with Gasteiger partial charge in [0.25, 0.3) is 5.56 Å². The molecular formula is C27H17F3N4O. The average Bonchev–Trinajstić information content (AvgIpc) is 2.86. The summed E-state index contributed by atoms with van der Waals surface area (Å²) in [5, 5.41) is 4.35. The van der Waals surface area contributed by atoms with Crippen molar-refractivity contribution in [3.05, 3.63) is 95.0 Å². The van der Waals surface area contributed by atoms with E-state index in [4.69, 9.17) is 6.42 Å². The summed E-state index contributed by atoms with van der Waals surface area (Å²) < 4.78 is 41.5. The Morgan fingerprint density at radius 2 is 1.86 bits per heavy atom. The summed E-state index contributed by atoms with van der Waals surface area (Å²) in [5.41, 5.74) is 1.97. The van der Waals surface area contributed by atoms with Gasteiger partial charge in [0, 0.05) is 40.5 Å². The van der Waals surface area contributed by atoms with Gasteiger partial charge in [-0.15, -0.1) is 6.42 Å². The molecule has 0 aliphatic rings. The van der Waals surface area contributed by atoms with Crippen molar-refractivity contribution < 1.29 is 13.2 Å². The number of anilines is 1. The van der Waals surface area contributed by atoms with Crippen LogP contribution in [0.15, 0.2) is 83.9 Å². The lowest BCUT2D eigenvalue weighted by Crippen LogP contribution is -2.18. The number of fused-ring (bicyclic) bond motifs is 3. The Balaban J connectivity index is 1.80. The summed E-state index contributed by atoms with van der Waals surface area (Å²) in [5.74, 6) is 2.53. The predicted molar refractivity (Wildman–Crippen MR) is 130 cm³/mol. The molecule has 5 rings (SSSR count). The molecule has 0 amide bonds. The van der Waals surface area contributed by atoms with Crippen LogP contribution in [0, 0.1) is 12.3 Å². The van der Waals surface area contributed by atoms with E-state index in [2.05, 4.69) is 21.2 Å². The summed E-state index contributed by atoms with van der Waals surface area (Å²) in [6.45, 7) is 0.311. The Bertz CT molecular complexity index is 1680. The van der Waals surface area contributed by atoms with Crippen LogP contribution in [-0.2, 0) is 6.18 Å². The topological polar surface area (TPSA) is 59.8 Å². The Hall–Kier alpha value is -4.64. The van der Waals surface area contributed by atoms with Gasteiger partial charge in [0.1, 0.15) is 0 Å². The second-order valence-corrected chi connectivity index (χ2v) is 7.81. The highest BCUT2D eigenvalue weighted by molar-refractivity contribution is 6.05. The highest BCUT2D eigenvalue weighted by atomic mass is 19.4. The zero-order valence-corrected chi connectivity index (χ0v) is 18.2. The van der Waals surface area contributed by atoms with Crippen LogP contribution >= 0.6 is 0 Å². The zero-order chi connectivity index (χ0) is 24.6. The van der Waals surface area contributed by atoms with Gasteiger partial charge in [-0.05, 0) is 48.5 Å². The first-order chi connectivity index (χ1) is 16.9. The normalized spacial score (nSPS) is 11.5. The molecule has 0 aliphatic carbocycles. The fourth-order valence-corrected chi connectivity index (χ4v) is 4.06. The number of benzene rings is 2. The number of aromatic nitrogens is 3. The lowest BCUT2D eigenvalue weighted by Gasteiger charge is -2.15. The highest BCUT2D eigenvalue weighted by Crippen LogP contribution is 2.33. The third-order valence-corrected chi connectivity index (χ3v) is 5.61. The quantitative estimate of drug-likeness (QED) is 0.272. The molecule has 1 N–H and O–H groups in total. The van der Waals surface area contributed by atoms with Crippen LogP contribution in [0.3, 0.4) is 0 Å². The number of alkyl halides is 3. The van der Waals surface area contributed by atoms with Gasteiger partial charge in [-0.1, -0.05) is 18.1 Å². The molecule has 3 aromatic heterocycles. The van der Waals surface area contributed by atoms with Crippen molar-refractivity contribution in [3.63, 3.8) is 0 Å². The van der Waals surface area contributed by atoms with Gasteiger partial charge in [-0.2, -0.15) is 13.2 Å². The zero-order valence-electron chi connectivity index (χ0n) is 18.2. The largest absolute Gasteiger partial charge is 0.416 e. The van der Waals surface area contributed by atoms with E-state index in [1.54, 1.807) is 30.6 Å². The van der Waals surface area contributed by atoms with E-state index < -0.39 is 17.3 Å². The Morgan fingerprint density at radius 1 is 1.00 bits per heavy atom. The molecule has 0 bridgehead atoms. The Kier molecular flexibility index (Phi) is 5.46. The van der Waals surface area contributed by atoms with Crippen molar-refractivity contribution in [1.82, 2.24) is 14.5 Å². The van der Waals surface area contributed by atoms with Gasteiger partial charge in [0.05, 0.1) is 34.5 Å². The first kappa shape index (κ1) is 22.2. The fraction of sp³-hybridized carbons (Fsp3) is 0.0741. The lowest BCUT2D eigenvalue weighted by atomic mass is 10.0. The van der Waals surface area contributed by atoms with Crippen LogP contribution in [0.2, 0.25) is 0 Å². The number of terminal acetylenes is 1. The maximum atomic E-state index is 13.4. The molecule has 3 heterocycles. The smallest absolute Gasteiger partial charge is 0.372 e. The average molecular weight is 470 g/mol. The number of nitrogens with zero attached hydrogens (tertiary/aromatic N) is 3. The molecule has 0 spiro atoms.